The van der Waals surface area contributed by atoms with E-state index in [-0.39, 0.29) is 18.4 Å². The second-order valence-corrected chi connectivity index (χ2v) is 29.4. The Balaban J connectivity index is 1.96. The number of aliphatic hydroxyl groups excluding tert-OH is 6. The van der Waals surface area contributed by atoms with Crippen molar-refractivity contribution in [1.29, 1.82) is 0 Å². The standard InChI is InChI=1S/C70H134O17S/c1-11-13-15-17-19-21-23-25-26-28-30-32-34-36-38-40-61(74)84-67-65(63(76)60(49-72)83-70(67)86-69-66(87-88(79,80)81)64(77)62(75)59(48-71)82-69)85-68(78)57(10)47-55(8)45-53(6)43-51(4)41-50(3)42-52(5)44-54(7)46-56(9)58(73)39-37-35-33-31-29-27-24-22-20-18-16-14-12-2/h50-60,62-67,69-73,75-77H,11-49H2,1-10H3,(H,79,80,81)/t50-,51+,52-,53+,54-,55+,56-,57+,58?,59?,60?,62-,63-,64?,65?,66+,67-,69-,70-/m1/s1. The molecule has 7 N–H and O–H groups in total. The van der Waals surface area contributed by atoms with Crippen LogP contribution in [0.15, 0.2) is 0 Å². The number of hydrogen-bond acceptors (Lipinski definition) is 16. The Labute approximate surface area is 536 Å². The number of hydrogen-bond donors (Lipinski definition) is 7. The van der Waals surface area contributed by atoms with Crippen LogP contribution in [0, 0.1) is 47.3 Å². The Morgan fingerprint density at radius 2 is 0.795 bits per heavy atom. The summed E-state index contributed by atoms with van der Waals surface area (Å²) in [5, 5.41) is 64.4. The van der Waals surface area contributed by atoms with Gasteiger partial charge < -0.3 is 54.3 Å². The molecule has 0 radical (unpaired) electrons. The van der Waals surface area contributed by atoms with Crippen molar-refractivity contribution < 1.29 is 81.1 Å². The van der Waals surface area contributed by atoms with E-state index in [9.17, 15) is 53.2 Å². The predicted octanol–water partition coefficient (Wildman–Crippen LogP) is 14.5. The maximum atomic E-state index is 14.1. The molecule has 2 heterocycles. The average molecular weight is 1280 g/mol. The molecule has 0 aromatic rings. The zero-order valence-corrected chi connectivity index (χ0v) is 58.0. The number of ether oxygens (including phenoxy) is 5. The number of esters is 2. The van der Waals surface area contributed by atoms with Gasteiger partial charge in [-0.1, -0.05) is 243 Å². The third-order valence-electron chi connectivity index (χ3n) is 18.8. The van der Waals surface area contributed by atoms with E-state index in [0.29, 0.717) is 48.3 Å². The van der Waals surface area contributed by atoms with Gasteiger partial charge in [-0.2, -0.15) is 8.42 Å². The van der Waals surface area contributed by atoms with Crippen molar-refractivity contribution in [3.63, 3.8) is 0 Å². The van der Waals surface area contributed by atoms with E-state index in [0.717, 1.165) is 83.5 Å². The third kappa shape index (κ3) is 36.2. The monoisotopic (exact) mass is 1280 g/mol. The molecule has 0 amide bonds. The summed E-state index contributed by atoms with van der Waals surface area (Å²) in [6, 6.07) is 0. The fraction of sp³-hybridized carbons (Fsp3) is 0.971. The highest BCUT2D eigenvalue weighted by Gasteiger charge is 2.55. The van der Waals surface area contributed by atoms with Crippen LogP contribution in [0.3, 0.4) is 0 Å². The zero-order chi connectivity index (χ0) is 65.4. The molecule has 88 heavy (non-hydrogen) atoms. The van der Waals surface area contributed by atoms with Crippen LogP contribution < -0.4 is 0 Å². The summed E-state index contributed by atoms with van der Waals surface area (Å²) in [4.78, 5) is 27.8. The quantitative estimate of drug-likeness (QED) is 0.0169. The molecule has 17 nitrogen and oxygen atoms in total. The number of aliphatic hydroxyl groups is 6. The van der Waals surface area contributed by atoms with Gasteiger partial charge in [0.05, 0.1) is 25.2 Å². The van der Waals surface area contributed by atoms with E-state index >= 15 is 0 Å². The van der Waals surface area contributed by atoms with Crippen molar-refractivity contribution in [1.82, 2.24) is 0 Å². The zero-order valence-electron chi connectivity index (χ0n) is 57.2. The minimum atomic E-state index is -5.32. The molecule has 2 aliphatic heterocycles. The molecule has 0 aliphatic carbocycles. The number of carbonyl (C=O) groups is 2. The van der Waals surface area contributed by atoms with Crippen LogP contribution in [-0.4, -0.2) is 136 Å². The molecule has 5 unspecified atom stereocenters. The molecule has 2 aliphatic rings. The van der Waals surface area contributed by atoms with Gasteiger partial charge in [0.25, 0.3) is 0 Å². The van der Waals surface area contributed by atoms with Crippen LogP contribution in [0.5, 0.6) is 0 Å². The van der Waals surface area contributed by atoms with E-state index in [2.05, 4.69) is 66.5 Å². The van der Waals surface area contributed by atoms with E-state index in [1.165, 1.54) is 135 Å². The van der Waals surface area contributed by atoms with Gasteiger partial charge in [0.2, 0.25) is 6.29 Å². The molecular weight excluding hydrogens is 1140 g/mol. The fourth-order valence-electron chi connectivity index (χ4n) is 14.2. The largest absolute Gasteiger partial charge is 0.455 e. The van der Waals surface area contributed by atoms with Gasteiger partial charge in [-0.15, -0.1) is 0 Å². The van der Waals surface area contributed by atoms with Crippen molar-refractivity contribution >= 4 is 22.3 Å². The minimum absolute atomic E-state index is 0.0545. The van der Waals surface area contributed by atoms with Gasteiger partial charge >= 0.3 is 22.3 Å². The molecule has 0 aromatic carbocycles. The molecule has 0 aromatic heterocycles. The summed E-state index contributed by atoms with van der Waals surface area (Å²) >= 11 is 0. The van der Waals surface area contributed by atoms with Gasteiger partial charge in [-0.3, -0.25) is 14.1 Å². The Kier molecular flexibility index (Phi) is 45.2. The Bertz CT molecular complexity index is 1840. The van der Waals surface area contributed by atoms with Crippen LogP contribution in [-0.2, 0) is 47.9 Å². The topological polar surface area (TPSA) is 265 Å². The Morgan fingerprint density at radius 1 is 0.443 bits per heavy atom. The summed E-state index contributed by atoms with van der Waals surface area (Å²) < 4.78 is 67.5. The smallest absolute Gasteiger partial charge is 0.397 e. The Hall–Kier alpha value is -1.55. The Morgan fingerprint density at radius 3 is 1.19 bits per heavy atom. The van der Waals surface area contributed by atoms with Crippen molar-refractivity contribution in [2.24, 2.45) is 47.3 Å². The second-order valence-electron chi connectivity index (χ2n) is 28.4. The van der Waals surface area contributed by atoms with E-state index in [1.54, 1.807) is 6.92 Å². The van der Waals surface area contributed by atoms with E-state index in [1.807, 2.05) is 0 Å². The van der Waals surface area contributed by atoms with Crippen LogP contribution >= 0.6 is 0 Å². The highest BCUT2D eigenvalue weighted by Crippen LogP contribution is 2.36. The maximum absolute atomic E-state index is 14.1. The molecule has 18 heteroatoms. The van der Waals surface area contributed by atoms with Gasteiger partial charge in [0.15, 0.2) is 24.6 Å². The lowest BCUT2D eigenvalue weighted by Crippen LogP contribution is -2.65. The molecule has 0 bridgehead atoms. The van der Waals surface area contributed by atoms with Crippen molar-refractivity contribution in [3.05, 3.63) is 0 Å². The first-order valence-corrected chi connectivity index (χ1v) is 37.3. The first kappa shape index (κ1) is 82.5. The first-order valence-electron chi connectivity index (χ1n) is 35.9. The average Bonchev–Trinajstić information content (AvgIpc) is 3.11. The lowest BCUT2D eigenvalue weighted by atomic mass is 9.80. The van der Waals surface area contributed by atoms with E-state index in [4.69, 9.17) is 23.7 Å². The van der Waals surface area contributed by atoms with Crippen molar-refractivity contribution in [2.45, 2.75) is 374 Å². The first-order chi connectivity index (χ1) is 41.9. The second kappa shape index (κ2) is 48.2. The third-order valence-corrected chi connectivity index (χ3v) is 19.3. The van der Waals surface area contributed by atoms with Crippen LogP contribution in [0.2, 0.25) is 0 Å². The van der Waals surface area contributed by atoms with Gasteiger partial charge in [0.1, 0.15) is 30.5 Å². The number of unbranched alkanes of at least 4 members (excludes halogenated alkanes) is 26. The maximum Gasteiger partial charge on any atom is 0.397 e. The SMILES string of the molecule is CCCCCCCCCCCCCCCCCC(=O)O[C@@H]1C(OC(=O)[C@@H](C)C[C@@H](C)C[C@@H](C)C[C@@H](C)C[C@@H](C)C[C@@H](C)C[C@@H](C)C[C@@H](C)C(O)CCCCCCCCCCCCCCC)[C@H](O)C(CO)O[C@@H]1O[C@H]1OC(CO)[C@@H](O)C(O)[C@@H]1OS(=O)(=O)O. The summed E-state index contributed by atoms with van der Waals surface area (Å²) in [6.07, 6.45) is 23.4. The number of rotatable bonds is 54. The van der Waals surface area contributed by atoms with Gasteiger partial charge in [-0.05, 0) is 99.2 Å². The van der Waals surface area contributed by atoms with Gasteiger partial charge in [0, 0.05) is 6.42 Å². The predicted molar refractivity (Wildman–Crippen MR) is 348 cm³/mol. The minimum Gasteiger partial charge on any atom is -0.455 e. The van der Waals surface area contributed by atoms with Crippen molar-refractivity contribution in [3.8, 4) is 0 Å². The molecule has 522 valence electrons. The highest BCUT2D eigenvalue weighted by atomic mass is 32.3. The number of carbonyl (C=O) groups excluding carboxylic acids is 2. The molecule has 0 spiro atoms. The van der Waals surface area contributed by atoms with Crippen LogP contribution in [0.25, 0.3) is 0 Å². The summed E-state index contributed by atoms with van der Waals surface area (Å²) in [5.74, 6) is 0.860. The summed E-state index contributed by atoms with van der Waals surface area (Å²) in [6.45, 7) is 20.5. The van der Waals surface area contributed by atoms with E-state index < -0.39 is 103 Å². The fourth-order valence-corrected chi connectivity index (χ4v) is 14.7. The van der Waals surface area contributed by atoms with Gasteiger partial charge in [-0.25, -0.2) is 4.18 Å². The molecule has 0 saturated carbocycles. The normalized spacial score (nSPS) is 25.7. The van der Waals surface area contributed by atoms with Crippen molar-refractivity contribution in [2.75, 3.05) is 13.2 Å². The lowest BCUT2D eigenvalue weighted by molar-refractivity contribution is -0.374. The lowest BCUT2D eigenvalue weighted by Gasteiger charge is -2.46. The highest BCUT2D eigenvalue weighted by molar-refractivity contribution is 7.80. The molecular formula is C70H134O17S. The van der Waals surface area contributed by atoms with Crippen LogP contribution in [0.4, 0.5) is 0 Å². The summed E-state index contributed by atoms with van der Waals surface area (Å²) in [5.41, 5.74) is 0. The molecule has 2 fully saturated rings. The molecule has 2 rings (SSSR count). The molecule has 19 atom stereocenters. The summed E-state index contributed by atoms with van der Waals surface area (Å²) in [7, 11) is -5.32. The molecule has 2 saturated heterocycles. The van der Waals surface area contributed by atoms with Crippen LogP contribution in [0.1, 0.15) is 307 Å².